The quantitative estimate of drug-likeness (QED) is 0.721. The molecule has 152 valence electrons. The van der Waals surface area contributed by atoms with E-state index < -0.39 is 11.7 Å². The number of nitrogens with zero attached hydrogens (tertiary/aromatic N) is 2. The lowest BCUT2D eigenvalue weighted by Crippen LogP contribution is -2.44. The predicted octanol–water partition coefficient (Wildman–Crippen LogP) is 4.89. The number of anilines is 1. The van der Waals surface area contributed by atoms with Crippen LogP contribution in [0.1, 0.15) is 18.9 Å². The van der Waals surface area contributed by atoms with E-state index in [4.69, 9.17) is 0 Å². The van der Waals surface area contributed by atoms with Crippen LogP contribution in [-0.4, -0.2) is 44.2 Å². The van der Waals surface area contributed by atoms with Crippen molar-refractivity contribution in [3.8, 4) is 0 Å². The van der Waals surface area contributed by atoms with Gasteiger partial charge in [-0.2, -0.15) is 13.2 Å². The van der Waals surface area contributed by atoms with E-state index >= 15 is 0 Å². The molecular weight excluding hydrogens is 383 g/mol. The Bertz CT molecular complexity index is 765. The van der Waals surface area contributed by atoms with Gasteiger partial charge in [-0.25, -0.2) is 0 Å². The van der Waals surface area contributed by atoms with Crippen molar-refractivity contribution in [1.82, 2.24) is 10.2 Å². The van der Waals surface area contributed by atoms with Gasteiger partial charge in [-0.3, -0.25) is 0 Å². The number of hydrogen-bond donors (Lipinski definition) is 1. The molecule has 0 amide bonds. The van der Waals surface area contributed by atoms with E-state index in [-0.39, 0.29) is 0 Å². The molecule has 0 saturated carbocycles. The zero-order valence-corrected chi connectivity index (χ0v) is 16.9. The fourth-order valence-corrected chi connectivity index (χ4v) is 4.54. The molecule has 2 heterocycles. The Labute approximate surface area is 169 Å². The third-order valence-corrected chi connectivity index (χ3v) is 6.08. The Hall–Kier alpha value is -1.70. The van der Waals surface area contributed by atoms with E-state index in [1.807, 2.05) is 24.0 Å². The Morgan fingerprint density at radius 1 is 1.21 bits per heavy atom. The van der Waals surface area contributed by atoms with Crippen LogP contribution >= 0.6 is 11.8 Å². The summed E-state index contributed by atoms with van der Waals surface area (Å²) in [5.41, 5.74) is 0.925. The van der Waals surface area contributed by atoms with Crippen molar-refractivity contribution in [3.05, 3.63) is 59.2 Å². The van der Waals surface area contributed by atoms with Crippen LogP contribution in [0.4, 0.5) is 18.9 Å². The molecule has 7 heteroatoms. The zero-order chi connectivity index (χ0) is 20.1. The maximum Gasteiger partial charge on any atom is 0.416 e. The van der Waals surface area contributed by atoms with Gasteiger partial charge < -0.3 is 15.1 Å². The number of alkyl halides is 3. The normalized spacial score (nSPS) is 18.6. The molecule has 1 fully saturated rings. The van der Waals surface area contributed by atoms with E-state index in [1.54, 1.807) is 12.1 Å². The van der Waals surface area contributed by atoms with Gasteiger partial charge in [0.15, 0.2) is 0 Å². The van der Waals surface area contributed by atoms with Crippen LogP contribution in [0.25, 0.3) is 0 Å². The first kappa shape index (κ1) is 21.0. The standard InChI is InChI=1S/C21H26F3N3S/c1-3-6-17-19(4-2)28-20-8-7-16(21(22,23)24)15-18(20)27(17)12-5-11-26-13-9-25-10-14-26/h3-4,6-8,15,25H,2,5,9-14H2,1H3/b6-3-. The van der Waals surface area contributed by atoms with Crippen molar-refractivity contribution in [3.63, 3.8) is 0 Å². The summed E-state index contributed by atoms with van der Waals surface area (Å²) in [6.45, 7) is 11.4. The van der Waals surface area contributed by atoms with Crippen LogP contribution in [0.5, 0.6) is 0 Å². The summed E-state index contributed by atoms with van der Waals surface area (Å²) in [4.78, 5) is 6.21. The van der Waals surface area contributed by atoms with Gasteiger partial charge in [-0.05, 0) is 44.2 Å². The molecule has 1 aromatic carbocycles. The second-order valence-corrected chi connectivity index (χ2v) is 7.92. The van der Waals surface area contributed by atoms with Crippen LogP contribution in [0, 0.1) is 0 Å². The number of hydrogen-bond acceptors (Lipinski definition) is 4. The summed E-state index contributed by atoms with van der Waals surface area (Å²) in [5, 5.41) is 3.34. The number of allylic oxidation sites excluding steroid dienone is 3. The average Bonchev–Trinajstić information content (AvgIpc) is 2.68. The monoisotopic (exact) mass is 409 g/mol. The maximum absolute atomic E-state index is 13.3. The smallest absolute Gasteiger partial charge is 0.340 e. The number of benzene rings is 1. The van der Waals surface area contributed by atoms with E-state index in [0.717, 1.165) is 60.7 Å². The molecule has 2 aliphatic heterocycles. The molecule has 1 aromatic rings. The SMILES string of the molecule is C=CC1=C(/C=C\C)N(CCCN2CCNCC2)c2cc(C(F)(F)F)ccc2S1. The summed E-state index contributed by atoms with van der Waals surface area (Å²) in [5.74, 6) is 0. The van der Waals surface area contributed by atoms with Crippen LogP contribution in [-0.2, 0) is 6.18 Å². The van der Waals surface area contributed by atoms with E-state index in [2.05, 4.69) is 16.8 Å². The third-order valence-electron chi connectivity index (χ3n) is 4.92. The molecule has 0 aromatic heterocycles. The Morgan fingerprint density at radius 3 is 2.61 bits per heavy atom. The second-order valence-electron chi connectivity index (χ2n) is 6.83. The number of piperazine rings is 1. The first-order chi connectivity index (χ1) is 13.4. The van der Waals surface area contributed by atoms with E-state index in [1.165, 1.54) is 17.8 Å². The highest BCUT2D eigenvalue weighted by molar-refractivity contribution is 8.03. The number of thioether (sulfide) groups is 1. The fraction of sp³-hybridized carbons (Fsp3) is 0.429. The number of rotatable bonds is 6. The second kappa shape index (κ2) is 9.20. The Balaban J connectivity index is 1.88. The molecule has 2 aliphatic rings. The Morgan fingerprint density at radius 2 is 1.96 bits per heavy atom. The first-order valence-corrected chi connectivity index (χ1v) is 10.3. The molecule has 0 unspecified atom stereocenters. The minimum absolute atomic E-state index is 0.610. The van der Waals surface area contributed by atoms with Crippen LogP contribution in [0.15, 0.2) is 58.5 Å². The molecule has 1 saturated heterocycles. The summed E-state index contributed by atoms with van der Waals surface area (Å²) >= 11 is 1.47. The topological polar surface area (TPSA) is 18.5 Å². The largest absolute Gasteiger partial charge is 0.416 e. The number of fused-ring (bicyclic) bond motifs is 1. The molecular formula is C21H26F3N3S. The Kier molecular flexibility index (Phi) is 6.91. The lowest BCUT2D eigenvalue weighted by molar-refractivity contribution is -0.137. The zero-order valence-electron chi connectivity index (χ0n) is 16.1. The van der Waals surface area contributed by atoms with Gasteiger partial charge in [0.25, 0.3) is 0 Å². The van der Waals surface area contributed by atoms with Crippen molar-refractivity contribution in [2.45, 2.75) is 24.4 Å². The molecule has 0 spiro atoms. The van der Waals surface area contributed by atoms with E-state index in [0.29, 0.717) is 12.2 Å². The van der Waals surface area contributed by atoms with Gasteiger partial charge in [0.1, 0.15) is 0 Å². The molecule has 0 radical (unpaired) electrons. The lowest BCUT2D eigenvalue weighted by Gasteiger charge is -2.35. The van der Waals surface area contributed by atoms with Gasteiger partial charge in [0.2, 0.25) is 0 Å². The van der Waals surface area contributed by atoms with Gasteiger partial charge in [-0.1, -0.05) is 30.5 Å². The van der Waals surface area contributed by atoms with Gasteiger partial charge in [0.05, 0.1) is 16.9 Å². The van der Waals surface area contributed by atoms with Crippen molar-refractivity contribution in [2.75, 3.05) is 44.2 Å². The summed E-state index contributed by atoms with van der Waals surface area (Å²) in [6, 6.07) is 4.00. The highest BCUT2D eigenvalue weighted by Crippen LogP contribution is 2.46. The number of halogens is 3. The summed E-state index contributed by atoms with van der Waals surface area (Å²) < 4.78 is 39.9. The fourth-order valence-electron chi connectivity index (χ4n) is 3.53. The van der Waals surface area contributed by atoms with Crippen LogP contribution in [0.3, 0.4) is 0 Å². The van der Waals surface area contributed by atoms with Crippen LogP contribution in [0.2, 0.25) is 0 Å². The molecule has 3 nitrogen and oxygen atoms in total. The predicted molar refractivity (Wildman–Crippen MR) is 111 cm³/mol. The lowest BCUT2D eigenvalue weighted by atomic mass is 10.1. The van der Waals surface area contributed by atoms with Gasteiger partial charge in [-0.15, -0.1) is 0 Å². The molecule has 3 rings (SSSR count). The van der Waals surface area contributed by atoms with Gasteiger partial charge in [0, 0.05) is 42.5 Å². The van der Waals surface area contributed by atoms with Crippen LogP contribution < -0.4 is 10.2 Å². The minimum atomic E-state index is -4.35. The first-order valence-electron chi connectivity index (χ1n) is 9.53. The highest BCUT2D eigenvalue weighted by Gasteiger charge is 2.33. The molecule has 0 bridgehead atoms. The third kappa shape index (κ3) is 4.82. The molecule has 0 aliphatic carbocycles. The summed E-state index contributed by atoms with van der Waals surface area (Å²) in [7, 11) is 0. The average molecular weight is 410 g/mol. The summed E-state index contributed by atoms with van der Waals surface area (Å²) in [6.07, 6.45) is 2.18. The molecule has 1 N–H and O–H groups in total. The van der Waals surface area contributed by atoms with Crippen molar-refractivity contribution in [1.29, 1.82) is 0 Å². The van der Waals surface area contributed by atoms with Crippen molar-refractivity contribution < 1.29 is 13.2 Å². The number of nitrogens with one attached hydrogen (secondary N) is 1. The maximum atomic E-state index is 13.3. The molecule has 28 heavy (non-hydrogen) atoms. The van der Waals surface area contributed by atoms with E-state index in [9.17, 15) is 13.2 Å². The highest BCUT2D eigenvalue weighted by atomic mass is 32.2. The minimum Gasteiger partial charge on any atom is -0.340 e. The van der Waals surface area contributed by atoms with Crippen molar-refractivity contribution >= 4 is 17.4 Å². The van der Waals surface area contributed by atoms with Gasteiger partial charge >= 0.3 is 6.18 Å². The molecule has 0 atom stereocenters. The van der Waals surface area contributed by atoms with Crippen molar-refractivity contribution in [2.24, 2.45) is 0 Å².